The number of hydrogen-bond acceptors (Lipinski definition) is 15. The molecule has 0 saturated carbocycles. The van der Waals surface area contributed by atoms with Crippen LogP contribution >= 0.6 is 0 Å². The number of ether oxygens (including phenoxy) is 12. The molecule has 3 atom stereocenters. The maximum Gasteiger partial charge on any atom is 0.333 e. The van der Waals surface area contributed by atoms with Crippen LogP contribution in [0.2, 0.25) is 0 Å². The third-order valence-electron chi connectivity index (χ3n) is 8.71. The molecule has 3 aromatic carbocycles. The maximum atomic E-state index is 11.5. The first-order chi connectivity index (χ1) is 30.7. The van der Waals surface area contributed by atoms with Crippen molar-refractivity contribution < 1.29 is 71.2 Å². The second-order valence-corrected chi connectivity index (χ2v) is 14.4. The van der Waals surface area contributed by atoms with Gasteiger partial charge in [0.15, 0.2) is 18.9 Å². The van der Waals surface area contributed by atoms with Crippen LogP contribution in [-0.2, 0) is 57.0 Å². The van der Waals surface area contributed by atoms with Crippen molar-refractivity contribution in [2.24, 2.45) is 0 Å². The molecule has 350 valence electrons. The monoisotopic (exact) mass is 892 g/mol. The van der Waals surface area contributed by atoms with Gasteiger partial charge in [-0.1, -0.05) is 56.1 Å². The Morgan fingerprint density at radius 3 is 0.859 bits per heavy atom. The van der Waals surface area contributed by atoms with E-state index in [9.17, 15) is 14.4 Å². The lowest BCUT2D eigenvalue weighted by atomic mass is 9.85. The van der Waals surface area contributed by atoms with E-state index in [-0.39, 0.29) is 45.6 Å². The Bertz CT molecular complexity index is 1660. The van der Waals surface area contributed by atoms with Crippen LogP contribution < -0.4 is 14.2 Å². The van der Waals surface area contributed by atoms with Gasteiger partial charge in [-0.2, -0.15) is 0 Å². The lowest BCUT2D eigenvalue weighted by Gasteiger charge is -2.22. The van der Waals surface area contributed by atoms with E-state index in [1.807, 2.05) is 72.8 Å². The van der Waals surface area contributed by atoms with Crippen molar-refractivity contribution in [1.29, 1.82) is 0 Å². The molecule has 15 nitrogen and oxygen atoms in total. The summed E-state index contributed by atoms with van der Waals surface area (Å²) in [5.74, 6) is 0.378. The highest BCUT2D eigenvalue weighted by Gasteiger charge is 2.19. The number of rotatable bonds is 33. The molecule has 0 fully saturated rings. The molecule has 0 saturated heterocycles. The van der Waals surface area contributed by atoms with Gasteiger partial charge in [0.25, 0.3) is 0 Å². The fourth-order valence-corrected chi connectivity index (χ4v) is 5.55. The van der Waals surface area contributed by atoms with Crippen LogP contribution in [-0.4, -0.2) is 116 Å². The van der Waals surface area contributed by atoms with E-state index in [0.717, 1.165) is 16.7 Å². The summed E-state index contributed by atoms with van der Waals surface area (Å²) in [7, 11) is 0. The van der Waals surface area contributed by atoms with Crippen molar-refractivity contribution in [3.05, 3.63) is 126 Å². The van der Waals surface area contributed by atoms with Crippen LogP contribution in [0.25, 0.3) is 0 Å². The molecule has 0 bridgehead atoms. The highest BCUT2D eigenvalue weighted by atomic mass is 16.7. The topological polar surface area (TPSA) is 162 Å². The molecule has 0 spiro atoms. The van der Waals surface area contributed by atoms with Crippen molar-refractivity contribution in [2.45, 2.75) is 66.3 Å². The van der Waals surface area contributed by atoms with Crippen molar-refractivity contribution in [3.63, 3.8) is 0 Å². The predicted octanol–water partition coefficient (Wildman–Crippen LogP) is 7.50. The van der Waals surface area contributed by atoms with E-state index in [2.05, 4.69) is 19.7 Å². The largest absolute Gasteiger partial charge is 0.465 e. The molecule has 0 aliphatic rings. The lowest BCUT2D eigenvalue weighted by molar-refractivity contribution is -0.141. The van der Waals surface area contributed by atoms with Crippen LogP contribution in [0.1, 0.15) is 64.2 Å². The van der Waals surface area contributed by atoms with E-state index in [1.165, 1.54) is 0 Å². The Labute approximate surface area is 377 Å². The summed E-state index contributed by atoms with van der Waals surface area (Å²) >= 11 is 0. The predicted molar refractivity (Wildman–Crippen MR) is 238 cm³/mol. The Morgan fingerprint density at radius 1 is 0.391 bits per heavy atom. The SMILES string of the molecule is C=C(C)C(=O)OCCOCCOC(C)Oc1ccc(C(c2ccc(OC(C)OCCOCCOC(=O)C(=C)C)cc2)c2ccc(OC(C)OCCOCCOC(=O)C(=C)C)cc2)cc1. The van der Waals surface area contributed by atoms with Crippen LogP contribution in [0.3, 0.4) is 0 Å². The lowest BCUT2D eigenvalue weighted by Crippen LogP contribution is -2.20. The zero-order chi connectivity index (χ0) is 46.7. The van der Waals surface area contributed by atoms with E-state index >= 15 is 0 Å². The van der Waals surface area contributed by atoms with Crippen molar-refractivity contribution in [1.82, 2.24) is 0 Å². The third-order valence-corrected chi connectivity index (χ3v) is 8.71. The minimum Gasteiger partial charge on any atom is -0.465 e. The van der Waals surface area contributed by atoms with E-state index < -0.39 is 36.8 Å². The van der Waals surface area contributed by atoms with Gasteiger partial charge < -0.3 is 56.8 Å². The molecule has 0 aliphatic carbocycles. The number of carbonyl (C=O) groups excluding carboxylic acids is 3. The highest BCUT2D eigenvalue weighted by molar-refractivity contribution is 5.87. The average Bonchev–Trinajstić information content (AvgIpc) is 3.26. The van der Waals surface area contributed by atoms with Gasteiger partial charge in [-0.25, -0.2) is 14.4 Å². The van der Waals surface area contributed by atoms with Crippen LogP contribution in [0.5, 0.6) is 17.2 Å². The summed E-state index contributed by atoms with van der Waals surface area (Å²) in [6, 6.07) is 23.5. The van der Waals surface area contributed by atoms with Gasteiger partial charge >= 0.3 is 17.9 Å². The summed E-state index contributed by atoms with van der Waals surface area (Å²) in [5, 5.41) is 0. The van der Waals surface area contributed by atoms with Crippen LogP contribution in [0, 0.1) is 0 Å². The van der Waals surface area contributed by atoms with Gasteiger partial charge in [-0.05, 0) is 94.6 Å². The Kier molecular flexibility index (Phi) is 24.5. The summed E-state index contributed by atoms with van der Waals surface area (Å²) < 4.78 is 66.8. The molecule has 0 amide bonds. The molecule has 0 aliphatic heterocycles. The zero-order valence-electron chi connectivity index (χ0n) is 38.0. The van der Waals surface area contributed by atoms with Crippen LogP contribution in [0.15, 0.2) is 109 Å². The third kappa shape index (κ3) is 21.2. The van der Waals surface area contributed by atoms with Gasteiger partial charge in [-0.15, -0.1) is 0 Å². The van der Waals surface area contributed by atoms with Gasteiger partial charge in [0, 0.05) is 22.6 Å². The second kappa shape index (κ2) is 29.7. The molecule has 64 heavy (non-hydrogen) atoms. The number of esters is 3. The van der Waals surface area contributed by atoms with Crippen molar-refractivity contribution in [2.75, 3.05) is 79.3 Å². The molecule has 0 heterocycles. The van der Waals surface area contributed by atoms with E-state index in [4.69, 9.17) is 56.8 Å². The first kappa shape index (κ1) is 52.8. The zero-order valence-corrected chi connectivity index (χ0v) is 38.0. The normalized spacial score (nSPS) is 12.8. The van der Waals surface area contributed by atoms with E-state index in [0.29, 0.717) is 73.6 Å². The van der Waals surface area contributed by atoms with Gasteiger partial charge in [0.1, 0.15) is 37.1 Å². The molecule has 3 unspecified atom stereocenters. The minimum atomic E-state index is -0.541. The van der Waals surface area contributed by atoms with Crippen molar-refractivity contribution in [3.8, 4) is 17.2 Å². The molecule has 0 N–H and O–H groups in total. The Morgan fingerprint density at radius 2 is 0.625 bits per heavy atom. The Hall–Kier alpha value is -5.55. The summed E-state index contributed by atoms with van der Waals surface area (Å²) in [6.07, 6.45) is -1.62. The molecule has 0 aromatic heterocycles. The summed E-state index contributed by atoms with van der Waals surface area (Å²) in [6.45, 7) is 23.8. The Balaban J connectivity index is 1.59. The number of benzene rings is 3. The smallest absolute Gasteiger partial charge is 0.333 e. The molecule has 3 aromatic rings. The molecular weight excluding hydrogens is 829 g/mol. The highest BCUT2D eigenvalue weighted by Crippen LogP contribution is 2.35. The quantitative estimate of drug-likeness (QED) is 0.0148. The summed E-state index contributed by atoms with van der Waals surface area (Å²) in [4.78, 5) is 34.4. The first-order valence-electron chi connectivity index (χ1n) is 21.1. The van der Waals surface area contributed by atoms with Gasteiger partial charge in [0.05, 0.1) is 59.5 Å². The van der Waals surface area contributed by atoms with Gasteiger partial charge in [-0.3, -0.25) is 0 Å². The van der Waals surface area contributed by atoms with E-state index in [1.54, 1.807) is 41.5 Å². The average molecular weight is 893 g/mol. The second-order valence-electron chi connectivity index (χ2n) is 14.4. The fraction of sp³-hybridized carbons (Fsp3) is 0.449. The van der Waals surface area contributed by atoms with Crippen LogP contribution in [0.4, 0.5) is 0 Å². The molecule has 15 heteroatoms. The number of carbonyl (C=O) groups is 3. The summed E-state index contributed by atoms with van der Waals surface area (Å²) in [5.41, 5.74) is 4.06. The minimum absolute atomic E-state index is 0.137. The molecule has 0 radical (unpaired) electrons. The molecule has 3 rings (SSSR count). The van der Waals surface area contributed by atoms with Crippen molar-refractivity contribution >= 4 is 17.9 Å². The van der Waals surface area contributed by atoms with Gasteiger partial charge in [0.2, 0.25) is 0 Å². The number of hydrogen-bond donors (Lipinski definition) is 0. The first-order valence-corrected chi connectivity index (χ1v) is 21.1. The molecular formula is C49H64O15. The fourth-order valence-electron chi connectivity index (χ4n) is 5.55. The maximum absolute atomic E-state index is 11.5. The standard InChI is InChI=1S/C49H64O15/c1-34(2)47(50)59-31-25-53-22-28-56-37(7)62-43-16-10-40(11-17-43)46(41-12-18-44(19-13-41)63-38(8)57-29-23-54-26-32-60-48(51)35(3)4)42-14-20-45(21-15-42)64-39(9)58-30-24-55-27-33-61-49(52)36(5)6/h10-21,37-39,46H,1,3,5,22-33H2,2,4,6-9H3.